The van der Waals surface area contributed by atoms with Crippen LogP contribution in [0.2, 0.25) is 0 Å². The number of nitrogens with zero attached hydrogens (tertiary/aromatic N) is 1. The van der Waals surface area contributed by atoms with Crippen LogP contribution in [0.25, 0.3) is 0 Å². The van der Waals surface area contributed by atoms with Gasteiger partial charge in [0.15, 0.2) is 0 Å². The van der Waals surface area contributed by atoms with E-state index >= 15 is 0 Å². The van der Waals surface area contributed by atoms with Crippen molar-refractivity contribution in [3.8, 4) is 0 Å². The van der Waals surface area contributed by atoms with E-state index < -0.39 is 10.0 Å². The van der Waals surface area contributed by atoms with E-state index in [9.17, 15) is 13.5 Å². The molecule has 3 rings (SSSR count). The zero-order valence-corrected chi connectivity index (χ0v) is 13.4. The largest absolute Gasteiger partial charge is 0.390 e. The molecule has 1 saturated carbocycles. The Labute approximate surface area is 128 Å². The van der Waals surface area contributed by atoms with Crippen LogP contribution >= 0.6 is 11.3 Å². The molecule has 0 spiro atoms. The Morgan fingerprint density at radius 2 is 2.24 bits per heavy atom. The maximum absolute atomic E-state index is 12.4. The topological polar surface area (TPSA) is 71.3 Å². The fraction of sp³-hybridized carbons (Fsp3) is 0.429. The van der Waals surface area contributed by atoms with Gasteiger partial charge in [-0.05, 0) is 42.8 Å². The van der Waals surface area contributed by atoms with Crippen LogP contribution < -0.4 is 4.72 Å². The van der Waals surface area contributed by atoms with Crippen molar-refractivity contribution in [3.63, 3.8) is 0 Å². The van der Waals surface area contributed by atoms with Gasteiger partial charge in [-0.2, -0.15) is 0 Å². The number of hydrogen-bond donors (Lipinski definition) is 2. The Morgan fingerprint density at radius 3 is 2.81 bits per heavy atom. The van der Waals surface area contributed by atoms with Gasteiger partial charge in [-0.15, -0.1) is 11.3 Å². The molecule has 1 aliphatic carbocycles. The fourth-order valence-corrected chi connectivity index (χ4v) is 4.27. The summed E-state index contributed by atoms with van der Waals surface area (Å²) in [4.78, 5) is 1.25. The number of aliphatic hydroxyl groups excluding tert-OH is 1. The summed E-state index contributed by atoms with van der Waals surface area (Å²) in [7, 11) is -3.55. The smallest absolute Gasteiger partial charge is 0.242 e. The van der Waals surface area contributed by atoms with E-state index in [4.69, 9.17) is 0 Å². The maximum atomic E-state index is 12.4. The van der Waals surface area contributed by atoms with Crippen LogP contribution in [0.1, 0.15) is 35.0 Å². The molecule has 114 valence electrons. The Balaban J connectivity index is 1.79. The standard InChI is InChI=1S/C14H18N2O3S2/c1-10-4-5-20-14(10)7-15-21(18,19)13-6-12(9-17)16(8-13)11-2-3-11/h4-6,8,11,15,17H,2-3,7,9H2,1H3. The van der Waals surface area contributed by atoms with Gasteiger partial charge in [-0.25, -0.2) is 13.1 Å². The lowest BCUT2D eigenvalue weighted by Gasteiger charge is -2.05. The summed E-state index contributed by atoms with van der Waals surface area (Å²) >= 11 is 1.54. The minimum absolute atomic E-state index is 0.143. The molecule has 0 bridgehead atoms. The predicted molar refractivity (Wildman–Crippen MR) is 81.7 cm³/mol. The number of hydrogen-bond acceptors (Lipinski definition) is 4. The molecule has 0 radical (unpaired) electrons. The lowest BCUT2D eigenvalue weighted by molar-refractivity contribution is 0.270. The summed E-state index contributed by atoms with van der Waals surface area (Å²) in [5.74, 6) is 0. The molecule has 2 heterocycles. The highest BCUT2D eigenvalue weighted by atomic mass is 32.2. The van der Waals surface area contributed by atoms with Crippen LogP contribution in [0.4, 0.5) is 0 Å². The number of aryl methyl sites for hydroxylation is 1. The van der Waals surface area contributed by atoms with E-state index in [0.717, 1.165) is 23.3 Å². The second-order valence-electron chi connectivity index (χ2n) is 5.32. The minimum atomic E-state index is -3.55. The Kier molecular flexibility index (Phi) is 3.92. The Hall–Kier alpha value is -1.15. The molecule has 1 fully saturated rings. The second-order valence-corrected chi connectivity index (χ2v) is 8.08. The van der Waals surface area contributed by atoms with Gasteiger partial charge in [-0.1, -0.05) is 0 Å². The van der Waals surface area contributed by atoms with Crippen LogP contribution in [-0.2, 0) is 23.2 Å². The van der Waals surface area contributed by atoms with Crippen molar-refractivity contribution < 1.29 is 13.5 Å². The molecule has 0 aliphatic heterocycles. The number of nitrogens with one attached hydrogen (secondary N) is 1. The van der Waals surface area contributed by atoms with Gasteiger partial charge < -0.3 is 9.67 Å². The van der Waals surface area contributed by atoms with Crippen LogP contribution in [0.15, 0.2) is 28.6 Å². The minimum Gasteiger partial charge on any atom is -0.390 e. The van der Waals surface area contributed by atoms with E-state index in [1.807, 2.05) is 22.9 Å². The number of thiophene rings is 1. The lowest BCUT2D eigenvalue weighted by atomic mass is 10.3. The molecule has 0 atom stereocenters. The van der Waals surface area contributed by atoms with Gasteiger partial charge in [-0.3, -0.25) is 0 Å². The van der Waals surface area contributed by atoms with Crippen molar-refractivity contribution >= 4 is 21.4 Å². The maximum Gasteiger partial charge on any atom is 0.242 e. The molecular weight excluding hydrogens is 308 g/mol. The van der Waals surface area contributed by atoms with E-state index in [1.165, 1.54) is 0 Å². The quantitative estimate of drug-likeness (QED) is 0.854. The highest BCUT2D eigenvalue weighted by Gasteiger charge is 2.28. The van der Waals surface area contributed by atoms with Crippen molar-refractivity contribution in [2.75, 3.05) is 0 Å². The molecule has 7 heteroatoms. The molecule has 1 aliphatic rings. The normalized spacial score (nSPS) is 15.5. The summed E-state index contributed by atoms with van der Waals surface area (Å²) in [5, 5.41) is 11.3. The average molecular weight is 326 g/mol. The third-order valence-electron chi connectivity index (χ3n) is 3.71. The predicted octanol–water partition coefficient (Wildman–Crippen LogP) is 2.16. The van der Waals surface area contributed by atoms with Crippen molar-refractivity contribution in [2.45, 2.75) is 43.9 Å². The first-order valence-corrected chi connectivity index (χ1v) is 9.22. The zero-order chi connectivity index (χ0) is 15.0. The summed E-state index contributed by atoms with van der Waals surface area (Å²) < 4.78 is 29.2. The number of rotatable bonds is 6. The lowest BCUT2D eigenvalue weighted by Crippen LogP contribution is -2.22. The number of sulfonamides is 1. The summed E-state index contributed by atoms with van der Waals surface area (Å²) in [6, 6.07) is 3.87. The molecule has 2 N–H and O–H groups in total. The van der Waals surface area contributed by atoms with E-state index in [2.05, 4.69) is 4.72 Å². The van der Waals surface area contributed by atoms with Gasteiger partial charge in [0.25, 0.3) is 0 Å². The average Bonchev–Trinajstić information content (AvgIpc) is 3.06. The molecule has 0 amide bonds. The van der Waals surface area contributed by atoms with Crippen LogP contribution in [-0.4, -0.2) is 18.1 Å². The molecule has 2 aromatic heterocycles. The van der Waals surface area contributed by atoms with Crippen molar-refractivity contribution in [3.05, 3.63) is 39.8 Å². The highest BCUT2D eigenvalue weighted by Crippen LogP contribution is 2.37. The summed E-state index contributed by atoms with van der Waals surface area (Å²) in [6.07, 6.45) is 3.72. The first-order chi connectivity index (χ1) is 10.0. The first kappa shape index (κ1) is 14.8. The van der Waals surface area contributed by atoms with Crippen molar-refractivity contribution in [2.24, 2.45) is 0 Å². The van der Waals surface area contributed by atoms with Gasteiger partial charge >= 0.3 is 0 Å². The molecular formula is C14H18N2O3S2. The van der Waals surface area contributed by atoms with Gasteiger partial charge in [0, 0.05) is 29.4 Å². The van der Waals surface area contributed by atoms with Crippen LogP contribution in [0.5, 0.6) is 0 Å². The first-order valence-electron chi connectivity index (χ1n) is 6.85. The summed E-state index contributed by atoms with van der Waals surface area (Å²) in [5.41, 5.74) is 1.75. The fourth-order valence-electron chi connectivity index (χ4n) is 2.29. The molecule has 2 aromatic rings. The monoisotopic (exact) mass is 326 g/mol. The Morgan fingerprint density at radius 1 is 1.48 bits per heavy atom. The second kappa shape index (κ2) is 5.57. The molecule has 0 aromatic carbocycles. The number of aliphatic hydroxyl groups is 1. The third-order valence-corrected chi connectivity index (χ3v) is 6.10. The van der Waals surface area contributed by atoms with Crippen LogP contribution in [0.3, 0.4) is 0 Å². The van der Waals surface area contributed by atoms with Gasteiger partial charge in [0.2, 0.25) is 10.0 Å². The van der Waals surface area contributed by atoms with Crippen molar-refractivity contribution in [1.82, 2.24) is 9.29 Å². The van der Waals surface area contributed by atoms with Gasteiger partial charge in [0.1, 0.15) is 0 Å². The van der Waals surface area contributed by atoms with Crippen molar-refractivity contribution in [1.29, 1.82) is 0 Å². The molecule has 0 unspecified atom stereocenters. The molecule has 5 nitrogen and oxygen atoms in total. The van der Waals surface area contributed by atoms with E-state index in [-0.39, 0.29) is 11.5 Å². The SMILES string of the molecule is Cc1ccsc1CNS(=O)(=O)c1cc(CO)n(C2CC2)c1. The molecule has 0 saturated heterocycles. The van der Waals surface area contributed by atoms with E-state index in [1.54, 1.807) is 23.6 Å². The third kappa shape index (κ3) is 3.06. The highest BCUT2D eigenvalue weighted by molar-refractivity contribution is 7.89. The summed E-state index contributed by atoms with van der Waals surface area (Å²) in [6.45, 7) is 2.12. The number of aromatic nitrogens is 1. The van der Waals surface area contributed by atoms with E-state index in [0.29, 0.717) is 18.3 Å². The molecule has 21 heavy (non-hydrogen) atoms. The zero-order valence-electron chi connectivity index (χ0n) is 11.7. The van der Waals surface area contributed by atoms with Crippen LogP contribution in [0, 0.1) is 6.92 Å². The Bertz CT molecular complexity index is 742. The van der Waals surface area contributed by atoms with Gasteiger partial charge in [0.05, 0.1) is 11.5 Å².